The Hall–Kier alpha value is -3.02. The number of ether oxygens (including phenoxy) is 1. The molecule has 6 nitrogen and oxygen atoms in total. The molecule has 0 radical (unpaired) electrons. The number of rotatable bonds is 10. The second-order valence-corrected chi connectivity index (χ2v) is 5.87. The molecule has 0 spiro atoms. The number of hydrazone groups is 1. The van der Waals surface area contributed by atoms with Crippen molar-refractivity contribution in [2.45, 2.75) is 20.8 Å². The van der Waals surface area contributed by atoms with Crippen molar-refractivity contribution in [1.29, 1.82) is 0 Å². The summed E-state index contributed by atoms with van der Waals surface area (Å²) in [4.78, 5) is 14.2. The molecule has 2 rings (SSSR count). The molecular formula is C21H28N4O2. The van der Waals surface area contributed by atoms with Crippen LogP contribution in [0, 0.1) is 0 Å². The van der Waals surface area contributed by atoms with Crippen LogP contribution in [0.3, 0.4) is 0 Å². The normalized spacial score (nSPS) is 10.6. The molecule has 0 unspecified atom stereocenters. The number of hydrogen-bond donors (Lipinski definition) is 2. The summed E-state index contributed by atoms with van der Waals surface area (Å²) in [6.45, 7) is 8.93. The van der Waals surface area contributed by atoms with Crippen molar-refractivity contribution in [1.82, 2.24) is 5.43 Å². The first-order valence-electron chi connectivity index (χ1n) is 9.29. The molecule has 0 atom stereocenters. The number of hydrogen-bond acceptors (Lipinski definition) is 5. The molecule has 0 fully saturated rings. The predicted molar refractivity (Wildman–Crippen MR) is 112 cm³/mol. The summed E-state index contributed by atoms with van der Waals surface area (Å²) in [5.74, 6) is 0.601. The summed E-state index contributed by atoms with van der Waals surface area (Å²) < 4.78 is 5.39. The molecule has 0 aliphatic heterocycles. The molecule has 0 aromatic heterocycles. The number of benzene rings is 2. The van der Waals surface area contributed by atoms with Gasteiger partial charge in [-0.2, -0.15) is 5.10 Å². The van der Waals surface area contributed by atoms with Gasteiger partial charge < -0.3 is 15.0 Å². The van der Waals surface area contributed by atoms with E-state index in [1.807, 2.05) is 43.3 Å². The van der Waals surface area contributed by atoms with Crippen LogP contribution >= 0.6 is 0 Å². The van der Waals surface area contributed by atoms with Crippen LogP contribution in [0.2, 0.25) is 0 Å². The summed E-state index contributed by atoms with van der Waals surface area (Å²) in [6, 6.07) is 15.6. The van der Waals surface area contributed by atoms with Gasteiger partial charge >= 0.3 is 0 Å². The molecule has 0 heterocycles. The predicted octanol–water partition coefficient (Wildman–Crippen LogP) is 3.49. The van der Waals surface area contributed by atoms with E-state index in [1.165, 1.54) is 5.69 Å². The van der Waals surface area contributed by atoms with E-state index in [0.717, 1.165) is 30.1 Å². The fraction of sp³-hybridized carbons (Fsp3) is 0.333. The number of carbonyl (C=O) groups is 1. The Morgan fingerprint density at radius 3 is 2.30 bits per heavy atom. The van der Waals surface area contributed by atoms with Crippen LogP contribution in [0.4, 0.5) is 11.4 Å². The van der Waals surface area contributed by atoms with Gasteiger partial charge in [-0.1, -0.05) is 12.1 Å². The third-order valence-corrected chi connectivity index (χ3v) is 4.04. The maximum Gasteiger partial charge on any atom is 0.259 e. The molecule has 0 bridgehead atoms. The third kappa shape index (κ3) is 6.66. The van der Waals surface area contributed by atoms with Gasteiger partial charge in [0, 0.05) is 24.5 Å². The smallest absolute Gasteiger partial charge is 0.259 e. The Bertz CT molecular complexity index is 723. The lowest BCUT2D eigenvalue weighted by atomic mass is 10.2. The van der Waals surface area contributed by atoms with Gasteiger partial charge in [-0.05, 0) is 62.7 Å². The van der Waals surface area contributed by atoms with E-state index in [0.29, 0.717) is 6.61 Å². The molecule has 144 valence electrons. The average molecular weight is 368 g/mol. The van der Waals surface area contributed by atoms with E-state index >= 15 is 0 Å². The van der Waals surface area contributed by atoms with Crippen LogP contribution in [0.25, 0.3) is 0 Å². The highest BCUT2D eigenvalue weighted by molar-refractivity contribution is 5.84. The standard InChI is InChI=1S/C21H28N4O2/c1-4-25(5-2)19-11-7-17(8-12-19)15-23-24-21(26)16-22-18-9-13-20(14-10-18)27-6-3/h7-15,22H,4-6,16H2,1-3H3,(H,24,26). The minimum Gasteiger partial charge on any atom is -0.494 e. The largest absolute Gasteiger partial charge is 0.494 e. The molecule has 2 N–H and O–H groups in total. The van der Waals surface area contributed by atoms with Gasteiger partial charge in [-0.3, -0.25) is 4.79 Å². The highest BCUT2D eigenvalue weighted by atomic mass is 16.5. The fourth-order valence-electron chi connectivity index (χ4n) is 2.60. The number of nitrogens with one attached hydrogen (secondary N) is 2. The van der Waals surface area contributed by atoms with Crippen LogP contribution in [-0.4, -0.2) is 38.4 Å². The van der Waals surface area contributed by atoms with Crippen LogP contribution < -0.4 is 20.4 Å². The average Bonchev–Trinajstić information content (AvgIpc) is 2.70. The van der Waals surface area contributed by atoms with Gasteiger partial charge in [0.1, 0.15) is 5.75 Å². The van der Waals surface area contributed by atoms with Crippen LogP contribution in [0.15, 0.2) is 53.6 Å². The zero-order chi connectivity index (χ0) is 19.5. The summed E-state index contributed by atoms with van der Waals surface area (Å²) in [5, 5.41) is 7.06. The Kier molecular flexibility index (Phi) is 8.16. The van der Waals surface area contributed by atoms with Gasteiger partial charge in [0.15, 0.2) is 0 Å². The van der Waals surface area contributed by atoms with Crippen molar-refractivity contribution in [3.8, 4) is 5.75 Å². The zero-order valence-corrected chi connectivity index (χ0v) is 16.2. The maximum absolute atomic E-state index is 11.9. The lowest BCUT2D eigenvalue weighted by Crippen LogP contribution is -2.25. The van der Waals surface area contributed by atoms with Gasteiger partial charge in [0.2, 0.25) is 0 Å². The van der Waals surface area contributed by atoms with Gasteiger partial charge in [0.25, 0.3) is 5.91 Å². The number of anilines is 2. The molecule has 1 amide bonds. The number of amides is 1. The monoisotopic (exact) mass is 368 g/mol. The molecular weight excluding hydrogens is 340 g/mol. The Labute approximate surface area is 161 Å². The molecule has 2 aromatic rings. The van der Waals surface area contributed by atoms with E-state index < -0.39 is 0 Å². The summed E-state index contributed by atoms with van der Waals surface area (Å²) in [5.41, 5.74) is 5.49. The minimum atomic E-state index is -0.208. The second-order valence-electron chi connectivity index (χ2n) is 5.87. The van der Waals surface area contributed by atoms with Crippen molar-refractivity contribution < 1.29 is 9.53 Å². The first-order chi connectivity index (χ1) is 13.2. The topological polar surface area (TPSA) is 66.0 Å². The molecule has 0 aliphatic rings. The van der Waals surface area contributed by atoms with E-state index in [9.17, 15) is 4.79 Å². The van der Waals surface area contributed by atoms with Gasteiger partial charge in [-0.15, -0.1) is 0 Å². The van der Waals surface area contributed by atoms with E-state index in [-0.39, 0.29) is 12.5 Å². The van der Waals surface area contributed by atoms with Gasteiger partial charge in [-0.25, -0.2) is 5.43 Å². The lowest BCUT2D eigenvalue weighted by Gasteiger charge is -2.20. The quantitative estimate of drug-likeness (QED) is 0.498. The maximum atomic E-state index is 11.9. The van der Waals surface area contributed by atoms with Crippen molar-refractivity contribution in [3.05, 3.63) is 54.1 Å². The Morgan fingerprint density at radius 2 is 1.70 bits per heavy atom. The fourth-order valence-corrected chi connectivity index (χ4v) is 2.60. The molecule has 0 saturated heterocycles. The zero-order valence-electron chi connectivity index (χ0n) is 16.2. The molecule has 6 heteroatoms. The van der Waals surface area contributed by atoms with E-state index in [4.69, 9.17) is 4.74 Å². The van der Waals surface area contributed by atoms with Crippen molar-refractivity contribution in [2.75, 3.05) is 36.5 Å². The van der Waals surface area contributed by atoms with Gasteiger partial charge in [0.05, 0.1) is 19.4 Å². The van der Waals surface area contributed by atoms with Crippen LogP contribution in [-0.2, 0) is 4.79 Å². The Morgan fingerprint density at radius 1 is 1.04 bits per heavy atom. The van der Waals surface area contributed by atoms with Crippen molar-refractivity contribution in [2.24, 2.45) is 5.10 Å². The minimum absolute atomic E-state index is 0.145. The molecule has 27 heavy (non-hydrogen) atoms. The Balaban J connectivity index is 1.77. The van der Waals surface area contributed by atoms with Crippen molar-refractivity contribution in [3.63, 3.8) is 0 Å². The third-order valence-electron chi connectivity index (χ3n) is 4.04. The summed E-state index contributed by atoms with van der Waals surface area (Å²) >= 11 is 0. The number of carbonyl (C=O) groups excluding carboxylic acids is 1. The van der Waals surface area contributed by atoms with Crippen LogP contribution in [0.1, 0.15) is 26.3 Å². The first-order valence-corrected chi connectivity index (χ1v) is 9.29. The molecule has 2 aromatic carbocycles. The highest BCUT2D eigenvalue weighted by Crippen LogP contribution is 2.15. The van der Waals surface area contributed by atoms with Crippen molar-refractivity contribution >= 4 is 23.5 Å². The van der Waals surface area contributed by atoms with E-state index in [1.54, 1.807) is 6.21 Å². The summed E-state index contributed by atoms with van der Waals surface area (Å²) in [6.07, 6.45) is 1.64. The second kappa shape index (κ2) is 10.9. The van der Waals surface area contributed by atoms with Crippen LogP contribution in [0.5, 0.6) is 5.75 Å². The molecule has 0 saturated carbocycles. The molecule has 0 aliphatic carbocycles. The highest BCUT2D eigenvalue weighted by Gasteiger charge is 2.02. The summed E-state index contributed by atoms with van der Waals surface area (Å²) in [7, 11) is 0. The lowest BCUT2D eigenvalue weighted by molar-refractivity contribution is -0.119. The van der Waals surface area contributed by atoms with E-state index in [2.05, 4.69) is 46.7 Å². The number of nitrogens with zero attached hydrogens (tertiary/aromatic N) is 2. The first kappa shape index (κ1) is 20.3. The SMILES string of the molecule is CCOc1ccc(NCC(=O)NN=Cc2ccc(N(CC)CC)cc2)cc1.